The first-order chi connectivity index (χ1) is 13.2. The lowest BCUT2D eigenvalue weighted by Crippen LogP contribution is -2.59. The highest BCUT2D eigenvalue weighted by Crippen LogP contribution is 2.53. The molecule has 4 bridgehead atoms. The molecule has 1 heterocycles. The third kappa shape index (κ3) is 3.79. The molecule has 4 nitrogen and oxygen atoms in total. The van der Waals surface area contributed by atoms with Crippen molar-refractivity contribution in [2.45, 2.75) is 50.7 Å². The molecule has 1 aromatic carbocycles. The van der Waals surface area contributed by atoms with Crippen molar-refractivity contribution in [1.29, 1.82) is 0 Å². The molecule has 1 aliphatic heterocycles. The summed E-state index contributed by atoms with van der Waals surface area (Å²) in [5.41, 5.74) is 1.36. The predicted octanol–water partition coefficient (Wildman–Crippen LogP) is 2.87. The minimum atomic E-state index is -0.299. The quantitative estimate of drug-likeness (QED) is 0.869. The number of rotatable bonds is 5. The van der Waals surface area contributed by atoms with Crippen molar-refractivity contribution in [3.8, 4) is 0 Å². The molecule has 0 spiro atoms. The Morgan fingerprint density at radius 3 is 2.44 bits per heavy atom. The number of carbonyl (C=O) groups is 1. The Morgan fingerprint density at radius 2 is 1.74 bits per heavy atom. The number of amides is 1. The zero-order chi connectivity index (χ0) is 18.2. The summed E-state index contributed by atoms with van der Waals surface area (Å²) in [5, 5.41) is 3.44. The summed E-state index contributed by atoms with van der Waals surface area (Å²) in [6.45, 7) is 3.31. The number of morpholine rings is 1. The van der Waals surface area contributed by atoms with Gasteiger partial charge in [0.2, 0.25) is 0 Å². The molecule has 0 radical (unpaired) electrons. The van der Waals surface area contributed by atoms with Gasteiger partial charge in [0.25, 0.3) is 5.91 Å². The maximum absolute atomic E-state index is 12.9. The van der Waals surface area contributed by atoms with Crippen LogP contribution in [0.5, 0.6) is 0 Å². The average molecular weight is 369 g/mol. The monoisotopic (exact) mass is 368 g/mol. The molecule has 5 fully saturated rings. The van der Waals surface area contributed by atoms with Crippen LogP contribution in [0.1, 0.15) is 37.7 Å². The number of hydrogen-bond acceptors (Lipinski definition) is 3. The molecule has 4 heteroatoms. The summed E-state index contributed by atoms with van der Waals surface area (Å²) in [4.78, 5) is 15.3. The second-order valence-corrected chi connectivity index (χ2v) is 9.36. The Hall–Kier alpha value is -1.39. The smallest absolute Gasteiger partial charge is 0.250 e. The van der Waals surface area contributed by atoms with Crippen LogP contribution < -0.4 is 5.32 Å². The summed E-state index contributed by atoms with van der Waals surface area (Å²) in [5.74, 6) is 3.47. The molecule has 1 amide bonds. The van der Waals surface area contributed by atoms with E-state index in [4.69, 9.17) is 4.74 Å². The van der Waals surface area contributed by atoms with E-state index >= 15 is 0 Å². The van der Waals surface area contributed by atoms with Gasteiger partial charge in [0.1, 0.15) is 6.10 Å². The summed E-state index contributed by atoms with van der Waals surface area (Å²) in [7, 11) is 0. The molecular weight excluding hydrogens is 336 g/mol. The molecule has 1 aromatic rings. The number of nitrogens with zero attached hydrogens (tertiary/aromatic N) is 1. The molecule has 27 heavy (non-hydrogen) atoms. The lowest BCUT2D eigenvalue weighted by molar-refractivity contribution is -0.142. The van der Waals surface area contributed by atoms with Gasteiger partial charge in [0.15, 0.2) is 0 Å². The first-order valence-electron chi connectivity index (χ1n) is 10.9. The van der Waals surface area contributed by atoms with Crippen LogP contribution in [0.25, 0.3) is 0 Å². The van der Waals surface area contributed by atoms with E-state index in [1.165, 1.54) is 37.7 Å². The van der Waals surface area contributed by atoms with Gasteiger partial charge in [-0.15, -0.1) is 0 Å². The Morgan fingerprint density at radius 1 is 1.04 bits per heavy atom. The minimum Gasteiger partial charge on any atom is -0.366 e. The Kier molecular flexibility index (Phi) is 4.95. The van der Waals surface area contributed by atoms with Gasteiger partial charge in [-0.1, -0.05) is 30.3 Å². The summed E-state index contributed by atoms with van der Waals surface area (Å²) < 4.78 is 5.86. The van der Waals surface area contributed by atoms with E-state index in [1.54, 1.807) is 0 Å². The van der Waals surface area contributed by atoms with Crippen molar-refractivity contribution in [3.05, 3.63) is 35.9 Å². The topological polar surface area (TPSA) is 41.6 Å². The standard InChI is InChI=1S/C23H32N2O2/c26-23(24-22-19-11-17-10-18(13-19)14-20(22)12-17)21-15-25(8-9-27-21)7-6-16-4-2-1-3-5-16/h1-5,17-22H,6-15H2,(H,24,26). The van der Waals surface area contributed by atoms with E-state index in [1.807, 2.05) is 0 Å². The van der Waals surface area contributed by atoms with Crippen molar-refractivity contribution < 1.29 is 9.53 Å². The minimum absolute atomic E-state index is 0.136. The van der Waals surface area contributed by atoms with Crippen LogP contribution >= 0.6 is 0 Å². The van der Waals surface area contributed by atoms with Crippen LogP contribution in [0.15, 0.2) is 30.3 Å². The van der Waals surface area contributed by atoms with E-state index in [-0.39, 0.29) is 12.0 Å². The number of carbonyl (C=O) groups excluding carboxylic acids is 1. The molecule has 1 saturated heterocycles. The molecule has 5 aliphatic rings. The second-order valence-electron chi connectivity index (χ2n) is 9.36. The first kappa shape index (κ1) is 17.7. The highest BCUT2D eigenvalue weighted by molar-refractivity contribution is 5.81. The average Bonchev–Trinajstić information content (AvgIpc) is 2.69. The van der Waals surface area contributed by atoms with Crippen LogP contribution in [0.3, 0.4) is 0 Å². The molecule has 4 saturated carbocycles. The van der Waals surface area contributed by atoms with Crippen LogP contribution in [0.4, 0.5) is 0 Å². The number of nitrogens with one attached hydrogen (secondary N) is 1. The summed E-state index contributed by atoms with van der Waals surface area (Å²) in [6, 6.07) is 11.0. The molecule has 146 valence electrons. The Bertz CT molecular complexity index is 634. The maximum atomic E-state index is 12.9. The van der Waals surface area contributed by atoms with Gasteiger partial charge in [-0.05, 0) is 67.8 Å². The van der Waals surface area contributed by atoms with Crippen LogP contribution in [0, 0.1) is 23.7 Å². The van der Waals surface area contributed by atoms with Gasteiger partial charge in [-0.3, -0.25) is 9.69 Å². The predicted molar refractivity (Wildman–Crippen MR) is 105 cm³/mol. The van der Waals surface area contributed by atoms with E-state index in [0.29, 0.717) is 12.6 Å². The zero-order valence-corrected chi connectivity index (χ0v) is 16.2. The second kappa shape index (κ2) is 7.56. The number of hydrogen-bond donors (Lipinski definition) is 1. The van der Waals surface area contributed by atoms with Crippen molar-refractivity contribution in [2.75, 3.05) is 26.2 Å². The van der Waals surface area contributed by atoms with Crippen LogP contribution in [-0.4, -0.2) is 49.2 Å². The normalized spacial score (nSPS) is 38.1. The number of benzene rings is 1. The molecule has 0 aromatic heterocycles. The van der Waals surface area contributed by atoms with Gasteiger partial charge in [-0.25, -0.2) is 0 Å². The molecule has 1 N–H and O–H groups in total. The van der Waals surface area contributed by atoms with Crippen LogP contribution in [-0.2, 0) is 16.0 Å². The van der Waals surface area contributed by atoms with E-state index in [9.17, 15) is 4.79 Å². The highest BCUT2D eigenvalue weighted by atomic mass is 16.5. The third-order valence-electron chi connectivity index (χ3n) is 7.54. The maximum Gasteiger partial charge on any atom is 0.250 e. The van der Waals surface area contributed by atoms with Crippen LogP contribution in [0.2, 0.25) is 0 Å². The van der Waals surface area contributed by atoms with Crippen molar-refractivity contribution >= 4 is 5.91 Å². The lowest BCUT2D eigenvalue weighted by atomic mass is 9.54. The summed E-state index contributed by atoms with van der Waals surface area (Å²) in [6.07, 6.45) is 7.55. The molecular formula is C23H32N2O2. The fourth-order valence-corrected chi connectivity index (χ4v) is 6.41. The van der Waals surface area contributed by atoms with Crippen molar-refractivity contribution in [3.63, 3.8) is 0 Å². The first-order valence-corrected chi connectivity index (χ1v) is 10.9. The highest BCUT2D eigenvalue weighted by Gasteiger charge is 2.49. The number of ether oxygens (including phenoxy) is 1. The Balaban J connectivity index is 1.15. The zero-order valence-electron chi connectivity index (χ0n) is 16.2. The SMILES string of the molecule is O=C(NC1C2CC3CC(C2)CC1C3)C1CN(CCc2ccccc2)CCO1. The van der Waals surface area contributed by atoms with Crippen molar-refractivity contribution in [2.24, 2.45) is 23.7 Å². The van der Waals surface area contributed by atoms with Crippen molar-refractivity contribution in [1.82, 2.24) is 10.2 Å². The molecule has 6 rings (SSSR count). The van der Waals surface area contributed by atoms with E-state index < -0.39 is 0 Å². The lowest BCUT2D eigenvalue weighted by Gasteiger charge is -2.54. The fraction of sp³-hybridized carbons (Fsp3) is 0.696. The van der Waals surface area contributed by atoms with Gasteiger partial charge < -0.3 is 10.1 Å². The molecule has 4 aliphatic carbocycles. The summed E-state index contributed by atoms with van der Waals surface area (Å²) >= 11 is 0. The fourth-order valence-electron chi connectivity index (χ4n) is 6.41. The van der Waals surface area contributed by atoms with Gasteiger partial charge in [0.05, 0.1) is 6.61 Å². The Labute approximate surface area is 162 Å². The van der Waals surface area contributed by atoms with Gasteiger partial charge in [-0.2, -0.15) is 0 Å². The van der Waals surface area contributed by atoms with E-state index in [0.717, 1.165) is 49.7 Å². The van der Waals surface area contributed by atoms with E-state index in [2.05, 4.69) is 40.5 Å². The third-order valence-corrected chi connectivity index (χ3v) is 7.54. The van der Waals surface area contributed by atoms with Gasteiger partial charge in [0, 0.05) is 25.7 Å². The molecule has 1 atom stereocenters. The largest absolute Gasteiger partial charge is 0.366 e. The molecule has 1 unspecified atom stereocenters. The van der Waals surface area contributed by atoms with Gasteiger partial charge >= 0.3 is 0 Å².